The zero-order chi connectivity index (χ0) is 32.5. The molecule has 2 aliphatic rings. The van der Waals surface area contributed by atoms with Crippen molar-refractivity contribution in [2.24, 2.45) is 7.05 Å². The third-order valence-electron chi connectivity index (χ3n) is 8.68. The number of anilines is 4. The third kappa shape index (κ3) is 6.59. The molecule has 17 heteroatoms. The largest absolute Gasteiger partial charge is 0.759 e. The summed E-state index contributed by atoms with van der Waals surface area (Å²) < 4.78 is 42.8. The minimum atomic E-state index is -3.75. The lowest BCUT2D eigenvalue weighted by Crippen LogP contribution is -2.37. The van der Waals surface area contributed by atoms with Crippen molar-refractivity contribution in [2.75, 3.05) is 52.6 Å². The minimum Gasteiger partial charge on any atom is -0.759 e. The normalized spacial score (nSPS) is 18.8. The van der Waals surface area contributed by atoms with Gasteiger partial charge in [0.25, 0.3) is 0 Å². The van der Waals surface area contributed by atoms with Gasteiger partial charge in [-0.15, -0.1) is 0 Å². The average molecular weight is 663 g/mol. The van der Waals surface area contributed by atoms with E-state index in [1.807, 2.05) is 24.4 Å². The first-order valence-electron chi connectivity index (χ1n) is 15.5. The number of pyridine rings is 2. The number of aromatic nitrogens is 7. The monoisotopic (exact) mass is 662 g/mol. The second-order valence-corrected chi connectivity index (χ2v) is 13.7. The molecule has 0 unspecified atom stereocenters. The van der Waals surface area contributed by atoms with E-state index in [1.165, 1.54) is 21.3 Å². The summed E-state index contributed by atoms with van der Waals surface area (Å²) in [5.74, 6) is 2.05. The molecule has 16 nitrogen and oxygen atoms in total. The summed E-state index contributed by atoms with van der Waals surface area (Å²) in [6, 6.07) is 7.70. The van der Waals surface area contributed by atoms with Gasteiger partial charge in [0.1, 0.15) is 17.7 Å². The van der Waals surface area contributed by atoms with E-state index in [1.54, 1.807) is 29.3 Å². The Morgan fingerprint density at radius 1 is 1.09 bits per heavy atom. The lowest BCUT2D eigenvalue weighted by atomic mass is 9.93. The van der Waals surface area contributed by atoms with Crippen molar-refractivity contribution >= 4 is 49.8 Å². The highest BCUT2D eigenvalue weighted by atomic mass is 32.2. The van der Waals surface area contributed by atoms with Crippen molar-refractivity contribution in [3.8, 4) is 5.88 Å². The number of sulfonamides is 1. The number of imidazole rings is 1. The SMILES string of the molecule is Cn1c(CN(c2cnc3cc(N4CCOCC4)nc(OC4CCC(Nc5ccn6nccc6n5)CC4)c3c2)S(C)(=O)=O)cnc1N[O-]. The molecule has 0 radical (unpaired) electrons. The molecule has 0 bridgehead atoms. The maximum atomic E-state index is 13.0. The van der Waals surface area contributed by atoms with Crippen molar-refractivity contribution in [1.82, 2.24) is 34.1 Å². The Labute approximate surface area is 271 Å². The lowest BCUT2D eigenvalue weighted by Gasteiger charge is -2.31. The van der Waals surface area contributed by atoms with Crippen LogP contribution in [0.5, 0.6) is 5.88 Å². The highest BCUT2D eigenvalue weighted by Gasteiger charge is 2.27. The molecule has 1 saturated heterocycles. The van der Waals surface area contributed by atoms with E-state index in [0.717, 1.165) is 49.2 Å². The quantitative estimate of drug-likeness (QED) is 0.209. The summed E-state index contributed by atoms with van der Waals surface area (Å²) in [6.45, 7) is 2.54. The smallest absolute Gasteiger partial charge is 0.232 e. The molecule has 0 amide bonds. The number of morpholine rings is 1. The number of fused-ring (bicyclic) bond motifs is 2. The number of ether oxygens (including phenoxy) is 2. The van der Waals surface area contributed by atoms with Crippen LogP contribution in [0.25, 0.3) is 16.6 Å². The Hall–Kier alpha value is -4.74. The fourth-order valence-corrected chi connectivity index (χ4v) is 6.92. The molecule has 5 aromatic rings. The van der Waals surface area contributed by atoms with Gasteiger partial charge >= 0.3 is 0 Å². The van der Waals surface area contributed by atoms with Gasteiger partial charge in [0.05, 0.1) is 66.9 Å². The lowest BCUT2D eigenvalue weighted by molar-refractivity contribution is 0.122. The van der Waals surface area contributed by atoms with Gasteiger partial charge in [-0.2, -0.15) is 10.1 Å². The number of nitrogens with one attached hydrogen (secondary N) is 2. The molecule has 2 N–H and O–H groups in total. The van der Waals surface area contributed by atoms with E-state index >= 15 is 0 Å². The molecule has 2 fully saturated rings. The summed E-state index contributed by atoms with van der Waals surface area (Å²) >= 11 is 0. The maximum Gasteiger partial charge on any atom is 0.232 e. The summed E-state index contributed by atoms with van der Waals surface area (Å²) in [5.41, 5.74) is 4.07. The zero-order valence-electron chi connectivity index (χ0n) is 26.1. The van der Waals surface area contributed by atoms with Gasteiger partial charge < -0.3 is 34.9 Å². The molecular formula is C30H36N11O5S-. The maximum absolute atomic E-state index is 13.0. The first-order chi connectivity index (χ1) is 22.7. The second-order valence-electron chi connectivity index (χ2n) is 11.8. The standard InChI is InChI=1S/C30H36N11O5S/c1-38-22(18-32-30(38)37-42)19-41(47(2,43)44)21-15-24-25(31-17-21)16-28(39-11-13-45-14-12-39)36-29(24)46-23-5-3-20(4-6-23)34-26-8-10-40-27(35-26)7-9-33-40/h7-10,15-18,20,23H,3-6,11-14,19H2,1-2H3,(H2-,32,34,35,37,42)/q-1. The summed E-state index contributed by atoms with van der Waals surface area (Å²) in [6.07, 6.45) is 11.0. The Kier molecular flexibility index (Phi) is 8.42. The van der Waals surface area contributed by atoms with Crippen LogP contribution in [-0.2, 0) is 28.4 Å². The van der Waals surface area contributed by atoms with Crippen molar-refractivity contribution in [1.29, 1.82) is 0 Å². The fraction of sp³-hybridized carbons (Fsp3) is 0.433. The van der Waals surface area contributed by atoms with Gasteiger partial charge in [-0.3, -0.25) is 9.29 Å². The van der Waals surface area contributed by atoms with Crippen LogP contribution in [0.2, 0.25) is 0 Å². The Morgan fingerprint density at radius 2 is 1.89 bits per heavy atom. The predicted octanol–water partition coefficient (Wildman–Crippen LogP) is 2.92. The number of nitrogens with zero attached hydrogens (tertiary/aromatic N) is 9. The Balaban J connectivity index is 1.15. The van der Waals surface area contributed by atoms with E-state index in [0.29, 0.717) is 54.5 Å². The summed E-state index contributed by atoms with van der Waals surface area (Å²) in [5, 5.41) is 19.6. The van der Waals surface area contributed by atoms with Crippen LogP contribution >= 0.6 is 0 Å². The van der Waals surface area contributed by atoms with Crippen LogP contribution in [0.1, 0.15) is 31.4 Å². The van der Waals surface area contributed by atoms with Gasteiger partial charge in [-0.25, -0.2) is 22.9 Å². The Morgan fingerprint density at radius 3 is 2.64 bits per heavy atom. The number of hydrogen-bond donors (Lipinski definition) is 2. The molecule has 1 saturated carbocycles. The average Bonchev–Trinajstić information content (AvgIpc) is 3.69. The van der Waals surface area contributed by atoms with Crippen LogP contribution in [0.3, 0.4) is 0 Å². The number of rotatable bonds is 10. The summed E-state index contributed by atoms with van der Waals surface area (Å²) in [4.78, 5) is 20.5. The van der Waals surface area contributed by atoms with Gasteiger partial charge in [-0.1, -0.05) is 0 Å². The first kappa shape index (κ1) is 30.9. The summed E-state index contributed by atoms with van der Waals surface area (Å²) in [7, 11) is -2.11. The second kappa shape index (κ2) is 12.8. The molecule has 0 spiro atoms. The van der Waals surface area contributed by atoms with Crippen LogP contribution < -0.4 is 24.7 Å². The topological polar surface area (TPSA) is 180 Å². The molecule has 1 aliphatic carbocycles. The number of hydrogen-bond acceptors (Lipinski definition) is 13. The van der Waals surface area contributed by atoms with Crippen LogP contribution in [0.4, 0.5) is 23.3 Å². The predicted molar refractivity (Wildman–Crippen MR) is 177 cm³/mol. The Bertz CT molecular complexity index is 1980. The van der Waals surface area contributed by atoms with E-state index in [2.05, 4.69) is 25.3 Å². The van der Waals surface area contributed by atoms with Crippen LogP contribution in [-0.4, -0.2) is 87.2 Å². The van der Waals surface area contributed by atoms with Crippen LogP contribution in [0, 0.1) is 5.21 Å². The highest BCUT2D eigenvalue weighted by molar-refractivity contribution is 7.92. The van der Waals surface area contributed by atoms with E-state index < -0.39 is 10.0 Å². The van der Waals surface area contributed by atoms with Gasteiger partial charge in [-0.05, 0) is 37.8 Å². The minimum absolute atomic E-state index is 0.0491. The van der Waals surface area contributed by atoms with E-state index in [9.17, 15) is 13.6 Å². The molecular weight excluding hydrogens is 626 g/mol. The van der Waals surface area contributed by atoms with Gasteiger partial charge in [0, 0.05) is 44.5 Å². The van der Waals surface area contributed by atoms with Crippen molar-refractivity contribution < 1.29 is 17.9 Å². The third-order valence-corrected chi connectivity index (χ3v) is 9.82. The molecule has 0 aromatic carbocycles. The highest BCUT2D eigenvalue weighted by Crippen LogP contribution is 2.34. The molecule has 7 rings (SSSR count). The van der Waals surface area contributed by atoms with Crippen molar-refractivity contribution in [3.63, 3.8) is 0 Å². The first-order valence-corrected chi connectivity index (χ1v) is 17.3. The van der Waals surface area contributed by atoms with Crippen LogP contribution in [0.15, 0.2) is 49.1 Å². The van der Waals surface area contributed by atoms with Gasteiger partial charge in [0.15, 0.2) is 11.6 Å². The molecule has 5 aromatic heterocycles. The van der Waals surface area contributed by atoms with Crippen molar-refractivity contribution in [2.45, 2.75) is 44.4 Å². The van der Waals surface area contributed by atoms with E-state index in [4.69, 9.17) is 19.4 Å². The zero-order valence-corrected chi connectivity index (χ0v) is 26.9. The molecule has 248 valence electrons. The molecule has 47 heavy (non-hydrogen) atoms. The van der Waals surface area contributed by atoms with Crippen molar-refractivity contribution in [3.05, 3.63) is 60.0 Å². The molecule has 1 aliphatic heterocycles. The van der Waals surface area contributed by atoms with E-state index in [-0.39, 0.29) is 24.6 Å². The fourth-order valence-electron chi connectivity index (χ4n) is 6.07. The molecule has 0 atom stereocenters. The van der Waals surface area contributed by atoms with Gasteiger partial charge in [0.2, 0.25) is 15.9 Å². The molecule has 6 heterocycles.